The minimum Gasteiger partial charge on any atom is -0.481 e. The second-order valence-electron chi connectivity index (χ2n) is 20.0. The number of hydrogen-bond donors (Lipinski definition) is 2. The molecule has 0 aromatic rings. The molecule has 6 fully saturated rings. The predicted molar refractivity (Wildman–Crippen MR) is 191 cm³/mol. The number of hydrogen-bond acceptors (Lipinski definition) is 5. The van der Waals surface area contributed by atoms with Crippen LogP contribution in [0.5, 0.6) is 0 Å². The first-order valence-electron chi connectivity index (χ1n) is 19.8. The lowest BCUT2D eigenvalue weighted by molar-refractivity contribution is -0.250. The molecule has 1 aliphatic heterocycles. The first-order valence-corrected chi connectivity index (χ1v) is 19.8. The molecular weight excluding hydrogens is 614 g/mol. The number of carbonyl (C=O) groups is 3. The molecule has 1 heterocycles. The first kappa shape index (κ1) is 36.9. The number of carboxylic acids is 1. The van der Waals surface area contributed by atoms with Crippen LogP contribution in [0.2, 0.25) is 0 Å². The van der Waals surface area contributed by atoms with Gasteiger partial charge in [0.2, 0.25) is 5.91 Å². The summed E-state index contributed by atoms with van der Waals surface area (Å²) in [5.41, 5.74) is 0.470. The van der Waals surface area contributed by atoms with Crippen LogP contribution >= 0.6 is 0 Å². The van der Waals surface area contributed by atoms with Gasteiger partial charge in [-0.3, -0.25) is 14.4 Å². The number of carboxylic acid groups (broad SMARTS) is 1. The summed E-state index contributed by atoms with van der Waals surface area (Å²) in [6.45, 7) is 23.2. The van der Waals surface area contributed by atoms with Gasteiger partial charge in [-0.15, -0.1) is 0 Å². The standard InChI is InChI=1S/C42H67NO6/c1-26(2)28-14-19-42(23-33(45)43-22-10-11-27(43)25-44)21-20-40(8)29(35(28)42)12-13-31-39(7)17-16-32(49-34(46)24-37(3,4)36(47)48)38(5,6)30(39)15-18-41(31,40)9/h27-32,35,44H,1,10-25H2,2-9H3,(H,47,48)/t27-,28-,29+,30?,31?,32-,35+,39-,40+,41+,42+/m0/s1. The van der Waals surface area contributed by atoms with Crippen LogP contribution in [0.25, 0.3) is 0 Å². The van der Waals surface area contributed by atoms with Crippen molar-refractivity contribution in [2.45, 2.75) is 157 Å². The quantitative estimate of drug-likeness (QED) is 0.197. The number of fused-ring (bicyclic) bond motifs is 7. The zero-order chi connectivity index (χ0) is 35.9. The normalized spacial score (nSPS) is 44.3. The monoisotopic (exact) mass is 681 g/mol. The molecule has 49 heavy (non-hydrogen) atoms. The molecule has 0 spiro atoms. The smallest absolute Gasteiger partial charge is 0.309 e. The van der Waals surface area contributed by atoms with Crippen LogP contribution in [-0.2, 0) is 19.1 Å². The third-order valence-electron chi connectivity index (χ3n) is 17.0. The fourth-order valence-corrected chi connectivity index (χ4v) is 14.2. The Morgan fingerprint density at radius 1 is 0.878 bits per heavy atom. The summed E-state index contributed by atoms with van der Waals surface area (Å²) in [5, 5.41) is 19.6. The van der Waals surface area contributed by atoms with Crippen LogP contribution in [0.3, 0.4) is 0 Å². The summed E-state index contributed by atoms with van der Waals surface area (Å²) in [5.74, 6) is 1.41. The van der Waals surface area contributed by atoms with Crippen LogP contribution in [-0.4, -0.2) is 58.3 Å². The van der Waals surface area contributed by atoms with Crippen molar-refractivity contribution < 1.29 is 29.3 Å². The number of esters is 1. The maximum absolute atomic E-state index is 14.0. The number of ether oxygens (including phenoxy) is 1. The molecule has 0 radical (unpaired) electrons. The van der Waals surface area contributed by atoms with E-state index in [0.29, 0.717) is 36.0 Å². The van der Waals surface area contributed by atoms with Crippen molar-refractivity contribution >= 4 is 17.8 Å². The lowest BCUT2D eigenvalue weighted by Gasteiger charge is -2.73. The Bertz CT molecular complexity index is 1350. The predicted octanol–water partition coefficient (Wildman–Crippen LogP) is 8.43. The van der Waals surface area contributed by atoms with Gasteiger partial charge in [-0.1, -0.05) is 46.8 Å². The van der Waals surface area contributed by atoms with Crippen molar-refractivity contribution in [3.8, 4) is 0 Å². The van der Waals surface area contributed by atoms with Crippen molar-refractivity contribution in [1.82, 2.24) is 4.90 Å². The molecule has 0 aromatic heterocycles. The molecule has 7 nitrogen and oxygen atoms in total. The number of aliphatic carboxylic acids is 1. The van der Waals surface area contributed by atoms with Crippen LogP contribution < -0.4 is 0 Å². The molecule has 0 aromatic carbocycles. The molecule has 276 valence electrons. The molecule has 2 unspecified atom stereocenters. The number of likely N-dealkylation sites (tertiary alicyclic amines) is 1. The molecule has 5 saturated carbocycles. The van der Waals surface area contributed by atoms with Gasteiger partial charge in [0.25, 0.3) is 0 Å². The summed E-state index contributed by atoms with van der Waals surface area (Å²) >= 11 is 0. The van der Waals surface area contributed by atoms with Gasteiger partial charge in [-0.05, 0) is 149 Å². The number of aliphatic hydroxyl groups is 1. The molecular formula is C42H67NO6. The third kappa shape index (κ3) is 5.55. The Kier molecular flexibility index (Phi) is 9.31. The van der Waals surface area contributed by atoms with Crippen molar-refractivity contribution in [3.63, 3.8) is 0 Å². The molecule has 1 saturated heterocycles. The maximum atomic E-state index is 14.0. The van der Waals surface area contributed by atoms with Crippen LogP contribution in [0.4, 0.5) is 0 Å². The lowest BCUT2D eigenvalue weighted by Crippen LogP contribution is -2.67. The SMILES string of the molecule is C=C(C)[C@@H]1CC[C@]2(CC(=O)N3CCC[C@H]3CO)CC[C@]3(C)[C@H](CCC4[C@@]5(C)CC[C@H](OC(=O)CC(C)(C)C(=O)O)C(C)(C)C5CC[C@]43C)[C@@H]12. The molecule has 0 bridgehead atoms. The highest BCUT2D eigenvalue weighted by atomic mass is 16.5. The molecule has 7 heteroatoms. The fraction of sp³-hybridized carbons (Fsp3) is 0.881. The van der Waals surface area contributed by atoms with Gasteiger partial charge in [0, 0.05) is 18.4 Å². The minimum absolute atomic E-state index is 0.0146. The van der Waals surface area contributed by atoms with Gasteiger partial charge in [0.05, 0.1) is 24.5 Å². The van der Waals surface area contributed by atoms with Gasteiger partial charge in [0.15, 0.2) is 0 Å². The van der Waals surface area contributed by atoms with Gasteiger partial charge in [-0.25, -0.2) is 0 Å². The Morgan fingerprint density at radius 2 is 1.59 bits per heavy atom. The third-order valence-corrected chi connectivity index (χ3v) is 17.0. The average Bonchev–Trinajstić information content (AvgIpc) is 3.64. The number of aliphatic hydroxyl groups excluding tert-OH is 1. The Morgan fingerprint density at radius 3 is 2.24 bits per heavy atom. The molecule has 6 aliphatic rings. The topological polar surface area (TPSA) is 104 Å². The van der Waals surface area contributed by atoms with E-state index in [1.165, 1.54) is 31.3 Å². The van der Waals surface area contributed by atoms with Crippen molar-refractivity contribution in [2.75, 3.05) is 13.2 Å². The van der Waals surface area contributed by atoms with Gasteiger partial charge in [-0.2, -0.15) is 0 Å². The van der Waals surface area contributed by atoms with E-state index in [-0.39, 0.29) is 58.2 Å². The Hall–Kier alpha value is -1.89. The summed E-state index contributed by atoms with van der Waals surface area (Å²) < 4.78 is 6.17. The van der Waals surface area contributed by atoms with Crippen LogP contribution in [0.15, 0.2) is 12.2 Å². The number of rotatable bonds is 8. The summed E-state index contributed by atoms with van der Waals surface area (Å²) in [7, 11) is 0. The fourth-order valence-electron chi connectivity index (χ4n) is 14.2. The molecule has 2 N–H and O–H groups in total. The zero-order valence-corrected chi connectivity index (χ0v) is 32.0. The van der Waals surface area contributed by atoms with E-state index in [1.807, 2.05) is 4.90 Å². The summed E-state index contributed by atoms with van der Waals surface area (Å²) in [4.78, 5) is 40.8. The number of carbonyl (C=O) groups excluding carboxylic acids is 2. The molecule has 11 atom stereocenters. The first-order chi connectivity index (χ1) is 22.8. The Balaban J connectivity index is 1.25. The largest absolute Gasteiger partial charge is 0.481 e. The van der Waals surface area contributed by atoms with Gasteiger partial charge < -0.3 is 19.8 Å². The van der Waals surface area contributed by atoms with E-state index in [0.717, 1.165) is 57.9 Å². The zero-order valence-electron chi connectivity index (χ0n) is 32.0. The molecule has 6 rings (SSSR count). The van der Waals surface area contributed by atoms with Crippen LogP contribution in [0.1, 0.15) is 145 Å². The number of amides is 1. The summed E-state index contributed by atoms with van der Waals surface area (Å²) in [6.07, 6.45) is 13.3. The van der Waals surface area contributed by atoms with Gasteiger partial charge >= 0.3 is 11.9 Å². The highest BCUT2D eigenvalue weighted by Gasteiger charge is 2.71. The van der Waals surface area contributed by atoms with Crippen molar-refractivity contribution in [1.29, 1.82) is 0 Å². The van der Waals surface area contributed by atoms with E-state index in [2.05, 4.69) is 48.1 Å². The Labute approximate surface area is 296 Å². The second kappa shape index (κ2) is 12.4. The van der Waals surface area contributed by atoms with E-state index in [9.17, 15) is 24.6 Å². The highest BCUT2D eigenvalue weighted by molar-refractivity contribution is 5.81. The van der Waals surface area contributed by atoms with Crippen LogP contribution in [0, 0.1) is 62.1 Å². The van der Waals surface area contributed by atoms with Crippen molar-refractivity contribution in [2.24, 2.45) is 62.1 Å². The minimum atomic E-state index is -1.14. The maximum Gasteiger partial charge on any atom is 0.309 e. The summed E-state index contributed by atoms with van der Waals surface area (Å²) in [6, 6.07) is -0.0146. The lowest BCUT2D eigenvalue weighted by atomic mass is 9.32. The van der Waals surface area contributed by atoms with Gasteiger partial charge in [0.1, 0.15) is 6.10 Å². The molecule has 5 aliphatic carbocycles. The van der Waals surface area contributed by atoms with E-state index in [1.54, 1.807) is 13.8 Å². The number of allylic oxidation sites excluding steroid dienone is 1. The number of nitrogens with zero attached hydrogens (tertiary/aromatic N) is 1. The molecule has 1 amide bonds. The highest BCUT2D eigenvalue weighted by Crippen LogP contribution is 2.78. The van der Waals surface area contributed by atoms with Crippen molar-refractivity contribution in [3.05, 3.63) is 12.2 Å². The van der Waals surface area contributed by atoms with E-state index >= 15 is 0 Å². The second-order valence-corrected chi connectivity index (χ2v) is 20.0. The van der Waals surface area contributed by atoms with E-state index < -0.39 is 17.4 Å². The van der Waals surface area contributed by atoms with E-state index in [4.69, 9.17) is 4.74 Å². The average molecular weight is 682 g/mol.